The summed E-state index contributed by atoms with van der Waals surface area (Å²) in [7, 11) is 0. The number of aliphatic carboxylic acids is 1. The van der Waals surface area contributed by atoms with E-state index in [9.17, 15) is 9.59 Å². The van der Waals surface area contributed by atoms with Crippen LogP contribution in [0, 0.1) is 29.6 Å². The lowest BCUT2D eigenvalue weighted by Crippen LogP contribution is -2.21. The number of Topliss-reactive ketones (excluding diaryl/α,β-unsaturated/α-hetero) is 1. The second-order valence-corrected chi connectivity index (χ2v) is 6.10. The predicted molar refractivity (Wildman–Crippen MR) is 69.0 cm³/mol. The standard InChI is InChI=1S/C15H22O3/c1-8-4-5-11(9(2)15(17)18)6-13-10(3)14(16)7-12(8)13/h8,10-13H,2,4-7H2,1,3H3,(H,17,18)/t8-,10?,11+,12-,13?/m0/s1. The summed E-state index contributed by atoms with van der Waals surface area (Å²) < 4.78 is 0. The van der Waals surface area contributed by atoms with Crippen molar-refractivity contribution in [3.8, 4) is 0 Å². The first-order chi connectivity index (χ1) is 8.41. The molecule has 0 radical (unpaired) electrons. The molecule has 0 aromatic heterocycles. The second-order valence-electron chi connectivity index (χ2n) is 6.10. The van der Waals surface area contributed by atoms with Gasteiger partial charge in [0, 0.05) is 17.9 Å². The number of rotatable bonds is 2. The van der Waals surface area contributed by atoms with Crippen molar-refractivity contribution in [3.05, 3.63) is 12.2 Å². The molecule has 0 aliphatic heterocycles. The zero-order chi connectivity index (χ0) is 13.4. The Hall–Kier alpha value is -1.12. The molecule has 2 unspecified atom stereocenters. The molecule has 100 valence electrons. The van der Waals surface area contributed by atoms with Gasteiger partial charge in [0.05, 0.1) is 0 Å². The zero-order valence-corrected chi connectivity index (χ0v) is 11.2. The average Bonchev–Trinajstić information content (AvgIpc) is 2.50. The van der Waals surface area contributed by atoms with Crippen LogP contribution in [-0.2, 0) is 9.59 Å². The van der Waals surface area contributed by atoms with E-state index < -0.39 is 5.97 Å². The molecule has 1 N–H and O–H groups in total. The van der Waals surface area contributed by atoms with Gasteiger partial charge in [-0.05, 0) is 42.9 Å². The van der Waals surface area contributed by atoms with Gasteiger partial charge in [-0.15, -0.1) is 0 Å². The Kier molecular flexibility index (Phi) is 3.60. The smallest absolute Gasteiger partial charge is 0.331 e. The fourth-order valence-corrected chi connectivity index (χ4v) is 3.80. The molecule has 0 spiro atoms. The van der Waals surface area contributed by atoms with Crippen molar-refractivity contribution in [2.45, 2.75) is 39.5 Å². The van der Waals surface area contributed by atoms with Gasteiger partial charge in [0.25, 0.3) is 0 Å². The van der Waals surface area contributed by atoms with Gasteiger partial charge in [-0.25, -0.2) is 4.79 Å². The quantitative estimate of drug-likeness (QED) is 0.767. The molecule has 3 heteroatoms. The summed E-state index contributed by atoms with van der Waals surface area (Å²) in [5.41, 5.74) is 0.328. The SMILES string of the molecule is C=C(C(=O)O)[C@@H]1CC[C@H](C)[C@@H]2CC(=O)C(C)C2C1. The Morgan fingerprint density at radius 3 is 2.56 bits per heavy atom. The molecular weight excluding hydrogens is 228 g/mol. The third-order valence-electron chi connectivity index (χ3n) is 5.16. The van der Waals surface area contributed by atoms with Gasteiger partial charge < -0.3 is 5.11 Å². The number of carbonyl (C=O) groups excluding carboxylic acids is 1. The van der Waals surface area contributed by atoms with Gasteiger partial charge in [0.2, 0.25) is 0 Å². The number of carboxylic acid groups (broad SMARTS) is 1. The van der Waals surface area contributed by atoms with E-state index in [0.717, 1.165) is 19.3 Å². The predicted octanol–water partition coefficient (Wildman–Crippen LogP) is 2.90. The van der Waals surface area contributed by atoms with Gasteiger partial charge in [0.1, 0.15) is 5.78 Å². The zero-order valence-electron chi connectivity index (χ0n) is 11.2. The summed E-state index contributed by atoms with van der Waals surface area (Å²) >= 11 is 0. The Balaban J connectivity index is 2.19. The summed E-state index contributed by atoms with van der Waals surface area (Å²) in [6.45, 7) is 7.93. The first-order valence-corrected chi connectivity index (χ1v) is 6.86. The van der Waals surface area contributed by atoms with E-state index in [1.807, 2.05) is 6.92 Å². The number of ketones is 1. The highest BCUT2D eigenvalue weighted by atomic mass is 16.4. The number of carbonyl (C=O) groups is 2. The number of hydrogen-bond acceptors (Lipinski definition) is 2. The maximum absolute atomic E-state index is 11.9. The Morgan fingerprint density at radius 1 is 1.28 bits per heavy atom. The van der Waals surface area contributed by atoms with Crippen molar-refractivity contribution in [2.75, 3.05) is 0 Å². The molecule has 18 heavy (non-hydrogen) atoms. The highest BCUT2D eigenvalue weighted by Crippen LogP contribution is 2.48. The minimum absolute atomic E-state index is 0.0494. The van der Waals surface area contributed by atoms with E-state index in [0.29, 0.717) is 35.5 Å². The molecule has 2 saturated carbocycles. The molecular formula is C15H22O3. The fraction of sp³-hybridized carbons (Fsp3) is 0.733. The van der Waals surface area contributed by atoms with Gasteiger partial charge in [-0.3, -0.25) is 4.79 Å². The average molecular weight is 250 g/mol. The van der Waals surface area contributed by atoms with Crippen LogP contribution >= 0.6 is 0 Å². The normalized spacial score (nSPS) is 40.1. The Morgan fingerprint density at radius 2 is 1.94 bits per heavy atom. The van der Waals surface area contributed by atoms with Crippen LogP contribution in [0.1, 0.15) is 39.5 Å². The molecule has 0 aromatic rings. The van der Waals surface area contributed by atoms with E-state index in [-0.39, 0.29) is 11.8 Å². The number of hydrogen-bond donors (Lipinski definition) is 1. The lowest BCUT2D eigenvalue weighted by Gasteiger charge is -2.24. The minimum Gasteiger partial charge on any atom is -0.478 e. The molecule has 0 bridgehead atoms. The second kappa shape index (κ2) is 4.87. The third kappa shape index (κ3) is 2.23. The number of fused-ring (bicyclic) bond motifs is 1. The van der Waals surface area contributed by atoms with Crippen molar-refractivity contribution in [1.82, 2.24) is 0 Å². The first-order valence-electron chi connectivity index (χ1n) is 6.86. The topological polar surface area (TPSA) is 54.4 Å². The van der Waals surface area contributed by atoms with Crippen LogP contribution in [0.5, 0.6) is 0 Å². The summed E-state index contributed by atoms with van der Waals surface area (Å²) in [6.07, 6.45) is 3.44. The lowest BCUT2D eigenvalue weighted by molar-refractivity contribution is -0.133. The van der Waals surface area contributed by atoms with E-state index >= 15 is 0 Å². The molecule has 3 nitrogen and oxygen atoms in total. The highest BCUT2D eigenvalue weighted by molar-refractivity contribution is 5.86. The molecule has 2 rings (SSSR count). The minimum atomic E-state index is -0.886. The Bertz CT molecular complexity index is 385. The molecule has 2 aliphatic rings. The van der Waals surface area contributed by atoms with Gasteiger partial charge in [-0.1, -0.05) is 20.4 Å². The first kappa shape index (κ1) is 13.3. The van der Waals surface area contributed by atoms with Crippen LogP contribution in [-0.4, -0.2) is 16.9 Å². The summed E-state index contributed by atoms with van der Waals surface area (Å²) in [5, 5.41) is 9.08. The molecule has 0 amide bonds. The molecule has 0 aromatic carbocycles. The van der Waals surface area contributed by atoms with Crippen LogP contribution in [0.15, 0.2) is 12.2 Å². The van der Waals surface area contributed by atoms with Crippen LogP contribution in [0.25, 0.3) is 0 Å². The highest BCUT2D eigenvalue weighted by Gasteiger charge is 2.45. The maximum atomic E-state index is 11.9. The van der Waals surface area contributed by atoms with E-state index in [1.165, 1.54) is 0 Å². The van der Waals surface area contributed by atoms with Crippen molar-refractivity contribution in [3.63, 3.8) is 0 Å². The molecule has 2 aliphatic carbocycles. The summed E-state index contributed by atoms with van der Waals surface area (Å²) in [4.78, 5) is 22.9. The molecule has 2 fully saturated rings. The van der Waals surface area contributed by atoms with Crippen LogP contribution in [0.2, 0.25) is 0 Å². The third-order valence-corrected chi connectivity index (χ3v) is 5.16. The summed E-state index contributed by atoms with van der Waals surface area (Å²) in [6, 6.07) is 0. The van der Waals surface area contributed by atoms with Crippen molar-refractivity contribution in [2.24, 2.45) is 29.6 Å². The van der Waals surface area contributed by atoms with Gasteiger partial charge in [-0.2, -0.15) is 0 Å². The van der Waals surface area contributed by atoms with Crippen LogP contribution in [0.4, 0.5) is 0 Å². The number of carboxylic acids is 1. The molecule has 0 heterocycles. The van der Waals surface area contributed by atoms with Crippen LogP contribution < -0.4 is 0 Å². The monoisotopic (exact) mass is 250 g/mol. The largest absolute Gasteiger partial charge is 0.478 e. The van der Waals surface area contributed by atoms with Gasteiger partial charge >= 0.3 is 5.97 Å². The van der Waals surface area contributed by atoms with Gasteiger partial charge in [0.15, 0.2) is 0 Å². The molecule has 5 atom stereocenters. The Labute approximate surface area is 108 Å². The van der Waals surface area contributed by atoms with Crippen molar-refractivity contribution < 1.29 is 14.7 Å². The van der Waals surface area contributed by atoms with Crippen molar-refractivity contribution >= 4 is 11.8 Å². The fourth-order valence-electron chi connectivity index (χ4n) is 3.80. The van der Waals surface area contributed by atoms with Crippen LogP contribution in [0.3, 0.4) is 0 Å². The van der Waals surface area contributed by atoms with Crippen molar-refractivity contribution in [1.29, 1.82) is 0 Å². The van der Waals surface area contributed by atoms with E-state index in [2.05, 4.69) is 13.5 Å². The van der Waals surface area contributed by atoms with E-state index in [4.69, 9.17) is 5.11 Å². The maximum Gasteiger partial charge on any atom is 0.331 e. The lowest BCUT2D eigenvalue weighted by atomic mass is 9.79. The summed E-state index contributed by atoms with van der Waals surface area (Å²) in [5.74, 6) is 0.958. The molecule has 0 saturated heterocycles. The van der Waals surface area contributed by atoms with E-state index in [1.54, 1.807) is 0 Å².